The van der Waals surface area contributed by atoms with Crippen LogP contribution in [0.15, 0.2) is 6.07 Å². The van der Waals surface area contributed by atoms with Gasteiger partial charge in [-0.25, -0.2) is 0 Å². The van der Waals surface area contributed by atoms with Gasteiger partial charge in [0.15, 0.2) is 5.82 Å². The number of nitrogens with zero attached hydrogens (tertiary/aromatic N) is 5. The summed E-state index contributed by atoms with van der Waals surface area (Å²) in [6, 6.07) is 2.15. The summed E-state index contributed by atoms with van der Waals surface area (Å²) >= 11 is 0. The number of aromatic nitrogens is 2. The molecule has 2 fully saturated rings. The van der Waals surface area contributed by atoms with E-state index in [1.165, 1.54) is 5.56 Å². The fourth-order valence-electron chi connectivity index (χ4n) is 3.99. The first kappa shape index (κ1) is 17.2. The van der Waals surface area contributed by atoms with E-state index in [9.17, 15) is 8.42 Å². The van der Waals surface area contributed by atoms with Crippen LogP contribution in [0, 0.1) is 0 Å². The summed E-state index contributed by atoms with van der Waals surface area (Å²) < 4.78 is 29.0. The smallest absolute Gasteiger partial charge is 0.282 e. The maximum absolute atomic E-state index is 12.9. The highest BCUT2D eigenvalue weighted by Gasteiger charge is 2.39. The zero-order valence-electron chi connectivity index (χ0n) is 14.9. The lowest BCUT2D eigenvalue weighted by molar-refractivity contribution is 0.280. The Morgan fingerprint density at radius 2 is 1.76 bits per heavy atom. The SMILES string of the molecule is CN(C1CN(c2cc3c(nn2)CCC3)C1)S(=O)(=O)N1CCCCCC1. The molecule has 3 aliphatic rings. The van der Waals surface area contributed by atoms with Crippen molar-refractivity contribution in [1.29, 1.82) is 0 Å². The molecule has 0 amide bonds. The van der Waals surface area contributed by atoms with Gasteiger partial charge < -0.3 is 4.90 Å². The largest absolute Gasteiger partial charge is 0.352 e. The van der Waals surface area contributed by atoms with E-state index in [1.807, 2.05) is 0 Å². The van der Waals surface area contributed by atoms with Crippen LogP contribution in [0.2, 0.25) is 0 Å². The number of likely N-dealkylation sites (N-methyl/N-ethyl adjacent to an activating group) is 1. The van der Waals surface area contributed by atoms with Crippen LogP contribution < -0.4 is 4.90 Å². The van der Waals surface area contributed by atoms with Crippen LogP contribution in [0.4, 0.5) is 5.82 Å². The van der Waals surface area contributed by atoms with E-state index in [0.29, 0.717) is 26.2 Å². The molecule has 0 N–H and O–H groups in total. The Morgan fingerprint density at radius 3 is 2.48 bits per heavy atom. The van der Waals surface area contributed by atoms with Crippen molar-refractivity contribution in [1.82, 2.24) is 18.8 Å². The van der Waals surface area contributed by atoms with Gasteiger partial charge in [0, 0.05) is 33.2 Å². The molecular formula is C17H27N5O2S. The average molecular weight is 366 g/mol. The van der Waals surface area contributed by atoms with Gasteiger partial charge in [-0.2, -0.15) is 22.1 Å². The molecule has 25 heavy (non-hydrogen) atoms. The molecule has 1 aliphatic carbocycles. The third kappa shape index (κ3) is 3.27. The lowest BCUT2D eigenvalue weighted by Crippen LogP contribution is -2.62. The molecular weight excluding hydrogens is 338 g/mol. The zero-order chi connectivity index (χ0) is 17.4. The fraction of sp³-hybridized carbons (Fsp3) is 0.765. The highest BCUT2D eigenvalue weighted by molar-refractivity contribution is 7.86. The fourth-order valence-corrected chi connectivity index (χ4v) is 5.58. The number of aryl methyl sites for hydroxylation is 2. The predicted molar refractivity (Wildman–Crippen MR) is 96.8 cm³/mol. The summed E-state index contributed by atoms with van der Waals surface area (Å²) in [7, 11) is -1.64. The van der Waals surface area contributed by atoms with E-state index in [-0.39, 0.29) is 6.04 Å². The van der Waals surface area contributed by atoms with E-state index in [0.717, 1.165) is 56.5 Å². The Bertz CT molecular complexity index is 725. The second kappa shape index (κ2) is 6.81. The van der Waals surface area contributed by atoms with E-state index in [2.05, 4.69) is 21.2 Å². The average Bonchev–Trinajstić information content (AvgIpc) is 2.84. The minimum Gasteiger partial charge on any atom is -0.352 e. The highest BCUT2D eigenvalue weighted by Crippen LogP contribution is 2.28. The van der Waals surface area contributed by atoms with Gasteiger partial charge in [0.1, 0.15) is 0 Å². The lowest BCUT2D eigenvalue weighted by Gasteiger charge is -2.44. The Labute approximate surface area is 150 Å². The van der Waals surface area contributed by atoms with Gasteiger partial charge in [0.2, 0.25) is 0 Å². The summed E-state index contributed by atoms with van der Waals surface area (Å²) in [5, 5.41) is 8.66. The molecule has 0 bridgehead atoms. The maximum atomic E-state index is 12.9. The Hall–Kier alpha value is -1.25. The molecule has 7 nitrogen and oxygen atoms in total. The summed E-state index contributed by atoms with van der Waals surface area (Å²) in [6.45, 7) is 2.69. The van der Waals surface area contributed by atoms with Crippen molar-refractivity contribution in [2.75, 3.05) is 38.1 Å². The van der Waals surface area contributed by atoms with Crippen LogP contribution in [0.3, 0.4) is 0 Å². The van der Waals surface area contributed by atoms with Crippen molar-refractivity contribution < 1.29 is 8.42 Å². The summed E-state index contributed by atoms with van der Waals surface area (Å²) in [6.07, 6.45) is 7.46. The molecule has 2 saturated heterocycles. The molecule has 138 valence electrons. The van der Waals surface area contributed by atoms with Crippen LogP contribution >= 0.6 is 0 Å². The number of anilines is 1. The minimum absolute atomic E-state index is 0.0170. The number of rotatable bonds is 4. The molecule has 0 unspecified atom stereocenters. The van der Waals surface area contributed by atoms with Crippen LogP contribution in [-0.2, 0) is 23.1 Å². The molecule has 4 rings (SSSR count). The Balaban J connectivity index is 1.39. The van der Waals surface area contributed by atoms with Crippen molar-refractivity contribution in [2.24, 2.45) is 0 Å². The third-order valence-electron chi connectivity index (χ3n) is 5.76. The minimum atomic E-state index is -3.36. The van der Waals surface area contributed by atoms with Crippen molar-refractivity contribution in [3.05, 3.63) is 17.3 Å². The summed E-state index contributed by atoms with van der Waals surface area (Å²) in [4.78, 5) is 2.13. The molecule has 0 saturated carbocycles. The highest BCUT2D eigenvalue weighted by atomic mass is 32.2. The predicted octanol–water partition coefficient (Wildman–Crippen LogP) is 1.21. The van der Waals surface area contributed by atoms with E-state index in [4.69, 9.17) is 0 Å². The van der Waals surface area contributed by atoms with E-state index < -0.39 is 10.2 Å². The molecule has 0 atom stereocenters. The second-order valence-corrected chi connectivity index (χ2v) is 9.41. The molecule has 8 heteroatoms. The molecule has 1 aromatic rings. The molecule has 0 spiro atoms. The maximum Gasteiger partial charge on any atom is 0.282 e. The standard InChI is InChI=1S/C17H27N5O2S/c1-20(25(23,24)22-9-4-2-3-5-10-22)15-12-21(13-15)17-11-14-7-6-8-16(14)18-19-17/h11,15H,2-10,12-13H2,1H3. The van der Waals surface area contributed by atoms with Crippen LogP contribution in [0.5, 0.6) is 0 Å². The van der Waals surface area contributed by atoms with Crippen molar-refractivity contribution in [2.45, 2.75) is 51.0 Å². The molecule has 3 heterocycles. The first-order chi connectivity index (χ1) is 12.1. The lowest BCUT2D eigenvalue weighted by atomic mass is 10.1. The number of hydrogen-bond donors (Lipinski definition) is 0. The van der Waals surface area contributed by atoms with E-state index >= 15 is 0 Å². The van der Waals surface area contributed by atoms with Gasteiger partial charge in [-0.15, -0.1) is 5.10 Å². The molecule has 0 aromatic carbocycles. The van der Waals surface area contributed by atoms with Gasteiger partial charge in [-0.05, 0) is 43.7 Å². The van der Waals surface area contributed by atoms with Crippen molar-refractivity contribution in [3.63, 3.8) is 0 Å². The molecule has 2 aliphatic heterocycles. The molecule has 1 aromatic heterocycles. The number of fused-ring (bicyclic) bond motifs is 1. The van der Waals surface area contributed by atoms with Gasteiger partial charge in [0.25, 0.3) is 10.2 Å². The monoisotopic (exact) mass is 365 g/mol. The zero-order valence-corrected chi connectivity index (χ0v) is 15.7. The normalized spacial score (nSPS) is 22.7. The van der Waals surface area contributed by atoms with Gasteiger partial charge in [-0.3, -0.25) is 0 Å². The van der Waals surface area contributed by atoms with Crippen LogP contribution in [0.1, 0.15) is 43.4 Å². The Kier molecular flexibility index (Phi) is 4.68. The Morgan fingerprint density at radius 1 is 1.04 bits per heavy atom. The summed E-state index contributed by atoms with van der Waals surface area (Å²) in [5.74, 6) is 0.887. The number of hydrogen-bond acceptors (Lipinski definition) is 5. The van der Waals surface area contributed by atoms with E-state index in [1.54, 1.807) is 15.7 Å². The van der Waals surface area contributed by atoms with Gasteiger partial charge >= 0.3 is 0 Å². The van der Waals surface area contributed by atoms with Crippen molar-refractivity contribution >= 4 is 16.0 Å². The van der Waals surface area contributed by atoms with Crippen LogP contribution in [-0.4, -0.2) is 66.5 Å². The second-order valence-electron chi connectivity index (χ2n) is 7.42. The quantitative estimate of drug-likeness (QED) is 0.802. The van der Waals surface area contributed by atoms with Crippen LogP contribution in [0.25, 0.3) is 0 Å². The van der Waals surface area contributed by atoms with Crippen molar-refractivity contribution in [3.8, 4) is 0 Å². The molecule has 0 radical (unpaired) electrons. The first-order valence-electron chi connectivity index (χ1n) is 9.39. The summed E-state index contributed by atoms with van der Waals surface area (Å²) in [5.41, 5.74) is 2.43. The van der Waals surface area contributed by atoms with Gasteiger partial charge in [0.05, 0.1) is 11.7 Å². The van der Waals surface area contributed by atoms with Gasteiger partial charge in [-0.1, -0.05) is 12.8 Å². The third-order valence-corrected chi connectivity index (χ3v) is 7.81. The first-order valence-corrected chi connectivity index (χ1v) is 10.8. The topological polar surface area (TPSA) is 69.6 Å².